The second kappa shape index (κ2) is 3.72. The number of hydrogen-bond donors (Lipinski definition) is 0. The molecule has 0 aliphatic carbocycles. The highest BCUT2D eigenvalue weighted by Gasteiger charge is 2.22. The van der Waals surface area contributed by atoms with Crippen molar-refractivity contribution in [2.75, 3.05) is 0 Å². The highest BCUT2D eigenvalue weighted by molar-refractivity contribution is 5.38. The molecule has 0 saturated heterocycles. The molecule has 0 N–H and O–H groups in total. The Bertz CT molecular complexity index is 392. The highest BCUT2D eigenvalue weighted by Crippen LogP contribution is 2.27. The van der Waals surface area contributed by atoms with Gasteiger partial charge in [-0.15, -0.1) is 0 Å². The van der Waals surface area contributed by atoms with E-state index in [1.165, 1.54) is 12.1 Å². The number of benzene rings is 1. The summed E-state index contributed by atoms with van der Waals surface area (Å²) in [7, 11) is 0. The molecule has 0 aromatic heterocycles. The van der Waals surface area contributed by atoms with E-state index in [2.05, 4.69) is 4.99 Å². The zero-order valence-corrected chi connectivity index (χ0v) is 8.47. The predicted octanol–water partition coefficient (Wildman–Crippen LogP) is 2.71. The third-order valence-corrected chi connectivity index (χ3v) is 2.11. The summed E-state index contributed by atoms with van der Waals surface area (Å²) in [6.07, 6.45) is 1.46. The fourth-order valence-electron chi connectivity index (χ4n) is 1.29. The normalized spacial score (nSPS) is 10.9. The van der Waals surface area contributed by atoms with Crippen LogP contribution in [0.1, 0.15) is 25.0 Å². The van der Waals surface area contributed by atoms with Crippen molar-refractivity contribution in [3.63, 3.8) is 0 Å². The Hall–Kier alpha value is -1.47. The topological polar surface area (TPSA) is 29.4 Å². The van der Waals surface area contributed by atoms with Gasteiger partial charge in [0.15, 0.2) is 0 Å². The lowest BCUT2D eigenvalue weighted by Gasteiger charge is -2.18. The van der Waals surface area contributed by atoms with Crippen LogP contribution in [0.5, 0.6) is 0 Å². The maximum atomic E-state index is 13.5. The van der Waals surface area contributed by atoms with Crippen LogP contribution in [0, 0.1) is 12.7 Å². The van der Waals surface area contributed by atoms with Crippen LogP contribution < -0.4 is 0 Å². The Kier molecular flexibility index (Phi) is 2.82. The van der Waals surface area contributed by atoms with E-state index in [1.54, 1.807) is 26.0 Å². The molecule has 0 amide bonds. The highest BCUT2D eigenvalue weighted by atomic mass is 19.1. The van der Waals surface area contributed by atoms with Gasteiger partial charge in [-0.05, 0) is 32.4 Å². The third-order valence-electron chi connectivity index (χ3n) is 2.11. The number of aliphatic imine (C=N–C) groups is 1. The van der Waals surface area contributed by atoms with Crippen molar-refractivity contribution in [2.45, 2.75) is 26.3 Å². The second-order valence-corrected chi connectivity index (χ2v) is 3.75. The molecule has 74 valence electrons. The van der Waals surface area contributed by atoms with Crippen molar-refractivity contribution in [1.29, 1.82) is 0 Å². The SMILES string of the molecule is Cc1ccc(C(C)(C)N=C=O)c(F)c1. The van der Waals surface area contributed by atoms with E-state index < -0.39 is 5.54 Å². The zero-order valence-electron chi connectivity index (χ0n) is 8.47. The maximum absolute atomic E-state index is 13.5. The van der Waals surface area contributed by atoms with E-state index in [0.717, 1.165) is 5.56 Å². The fraction of sp³-hybridized carbons (Fsp3) is 0.364. The molecule has 0 spiro atoms. The average Bonchev–Trinajstić information content (AvgIpc) is 2.02. The van der Waals surface area contributed by atoms with Gasteiger partial charge in [0.25, 0.3) is 0 Å². The Labute approximate surface area is 82.5 Å². The van der Waals surface area contributed by atoms with Gasteiger partial charge >= 0.3 is 0 Å². The number of hydrogen-bond acceptors (Lipinski definition) is 2. The van der Waals surface area contributed by atoms with Crippen LogP contribution in [0.25, 0.3) is 0 Å². The maximum Gasteiger partial charge on any atom is 0.235 e. The van der Waals surface area contributed by atoms with Crippen LogP contribution in [0.2, 0.25) is 0 Å². The minimum absolute atomic E-state index is 0.339. The summed E-state index contributed by atoms with van der Waals surface area (Å²) in [4.78, 5) is 13.7. The molecule has 1 aromatic rings. The standard InChI is InChI=1S/C11H12FNO/c1-8-4-5-9(10(12)6-8)11(2,3)13-7-14/h4-6H,1-3H3. The summed E-state index contributed by atoms with van der Waals surface area (Å²) < 4.78 is 13.5. The summed E-state index contributed by atoms with van der Waals surface area (Å²) in [6, 6.07) is 4.86. The van der Waals surface area contributed by atoms with Gasteiger partial charge in [0.1, 0.15) is 5.82 Å². The van der Waals surface area contributed by atoms with Gasteiger partial charge in [-0.3, -0.25) is 0 Å². The van der Waals surface area contributed by atoms with E-state index in [0.29, 0.717) is 5.56 Å². The number of rotatable bonds is 2. The molecule has 0 fully saturated rings. The molecule has 0 radical (unpaired) electrons. The minimum Gasteiger partial charge on any atom is -0.211 e. The molecule has 0 saturated carbocycles. The molecule has 2 nitrogen and oxygen atoms in total. The molecule has 0 atom stereocenters. The fourth-order valence-corrected chi connectivity index (χ4v) is 1.29. The number of halogens is 1. The summed E-state index contributed by atoms with van der Waals surface area (Å²) in [5, 5.41) is 0. The molecule has 0 unspecified atom stereocenters. The van der Waals surface area contributed by atoms with Crippen molar-refractivity contribution in [2.24, 2.45) is 4.99 Å². The zero-order chi connectivity index (χ0) is 10.8. The largest absolute Gasteiger partial charge is 0.235 e. The smallest absolute Gasteiger partial charge is 0.211 e. The van der Waals surface area contributed by atoms with E-state index in [1.807, 2.05) is 6.92 Å². The van der Waals surface area contributed by atoms with Crippen molar-refractivity contribution in [3.8, 4) is 0 Å². The Morgan fingerprint density at radius 3 is 2.57 bits per heavy atom. The van der Waals surface area contributed by atoms with Crippen LogP contribution in [-0.4, -0.2) is 6.08 Å². The summed E-state index contributed by atoms with van der Waals surface area (Å²) in [6.45, 7) is 5.15. The molecule has 0 bridgehead atoms. The molecule has 0 aliphatic heterocycles. The van der Waals surface area contributed by atoms with Crippen molar-refractivity contribution >= 4 is 6.08 Å². The van der Waals surface area contributed by atoms with Gasteiger partial charge in [0, 0.05) is 5.56 Å². The second-order valence-electron chi connectivity index (χ2n) is 3.75. The monoisotopic (exact) mass is 193 g/mol. The van der Waals surface area contributed by atoms with Crippen molar-refractivity contribution in [1.82, 2.24) is 0 Å². The Balaban J connectivity index is 3.25. The molecular formula is C11H12FNO. The summed E-state index contributed by atoms with van der Waals surface area (Å²) in [5.74, 6) is -0.339. The first kappa shape index (κ1) is 10.6. The first-order valence-electron chi connectivity index (χ1n) is 4.33. The lowest BCUT2D eigenvalue weighted by molar-refractivity contribution is 0.491. The molecule has 0 heterocycles. The van der Waals surface area contributed by atoms with Crippen LogP contribution in [0.4, 0.5) is 4.39 Å². The summed E-state index contributed by atoms with van der Waals surface area (Å²) in [5.41, 5.74) is 0.406. The van der Waals surface area contributed by atoms with Crippen molar-refractivity contribution < 1.29 is 9.18 Å². The van der Waals surface area contributed by atoms with Crippen molar-refractivity contribution in [3.05, 3.63) is 35.1 Å². The summed E-state index contributed by atoms with van der Waals surface area (Å²) >= 11 is 0. The van der Waals surface area contributed by atoms with E-state index in [4.69, 9.17) is 0 Å². The molecule has 1 rings (SSSR count). The molecule has 0 aliphatic rings. The van der Waals surface area contributed by atoms with Crippen LogP contribution in [-0.2, 0) is 10.3 Å². The molecular weight excluding hydrogens is 181 g/mol. The first-order chi connectivity index (χ1) is 6.47. The first-order valence-corrected chi connectivity index (χ1v) is 4.33. The Morgan fingerprint density at radius 2 is 2.07 bits per heavy atom. The Morgan fingerprint density at radius 1 is 1.43 bits per heavy atom. The number of nitrogens with zero attached hydrogens (tertiary/aromatic N) is 1. The molecule has 1 aromatic carbocycles. The number of carbonyl (C=O) groups excluding carboxylic acids is 1. The molecule has 3 heteroatoms. The predicted molar refractivity (Wildman–Crippen MR) is 52.3 cm³/mol. The van der Waals surface area contributed by atoms with E-state index in [-0.39, 0.29) is 5.82 Å². The van der Waals surface area contributed by atoms with E-state index >= 15 is 0 Å². The average molecular weight is 193 g/mol. The van der Waals surface area contributed by atoms with Gasteiger partial charge in [-0.1, -0.05) is 12.1 Å². The van der Waals surface area contributed by atoms with Gasteiger partial charge in [-0.2, -0.15) is 4.99 Å². The van der Waals surface area contributed by atoms with Crippen LogP contribution >= 0.6 is 0 Å². The van der Waals surface area contributed by atoms with Gasteiger partial charge in [0.05, 0.1) is 5.54 Å². The van der Waals surface area contributed by atoms with Crippen LogP contribution in [0.3, 0.4) is 0 Å². The quantitative estimate of drug-likeness (QED) is 0.524. The van der Waals surface area contributed by atoms with Crippen LogP contribution in [0.15, 0.2) is 23.2 Å². The third kappa shape index (κ3) is 2.06. The lowest BCUT2D eigenvalue weighted by Crippen LogP contribution is -2.15. The number of isocyanates is 1. The van der Waals surface area contributed by atoms with E-state index in [9.17, 15) is 9.18 Å². The minimum atomic E-state index is -0.848. The number of aryl methyl sites for hydroxylation is 1. The lowest BCUT2D eigenvalue weighted by atomic mass is 9.94. The van der Waals surface area contributed by atoms with Gasteiger partial charge in [-0.25, -0.2) is 9.18 Å². The van der Waals surface area contributed by atoms with Gasteiger partial charge < -0.3 is 0 Å². The van der Waals surface area contributed by atoms with Gasteiger partial charge in [0.2, 0.25) is 6.08 Å². The molecule has 14 heavy (non-hydrogen) atoms.